The van der Waals surface area contributed by atoms with Crippen LogP contribution in [0.1, 0.15) is 33.8 Å². The summed E-state index contributed by atoms with van der Waals surface area (Å²) in [5.41, 5.74) is 0.262. The highest BCUT2D eigenvalue weighted by Crippen LogP contribution is 2.29. The van der Waals surface area contributed by atoms with Gasteiger partial charge in [0.05, 0.1) is 13.4 Å². The first-order valence-corrected chi connectivity index (χ1v) is 11.2. The van der Waals surface area contributed by atoms with Gasteiger partial charge in [-0.1, -0.05) is 0 Å². The Morgan fingerprint density at radius 1 is 1.07 bits per heavy atom. The van der Waals surface area contributed by atoms with Crippen LogP contribution in [0.3, 0.4) is 0 Å². The molecular weight excluding hydrogens is 410 g/mol. The molecular formula is C20H23N3O6S. The third-order valence-electron chi connectivity index (χ3n) is 5.19. The maximum atomic E-state index is 13.0. The van der Waals surface area contributed by atoms with Crippen LogP contribution in [-0.4, -0.2) is 69.4 Å². The van der Waals surface area contributed by atoms with E-state index in [1.165, 1.54) is 25.5 Å². The number of carbonyl (C=O) groups excluding carboxylic acids is 2. The summed E-state index contributed by atoms with van der Waals surface area (Å²) in [4.78, 5) is 28.5. The second-order valence-electron chi connectivity index (χ2n) is 7.32. The lowest BCUT2D eigenvalue weighted by Crippen LogP contribution is -2.50. The van der Waals surface area contributed by atoms with Crippen LogP contribution in [-0.2, 0) is 10.0 Å². The van der Waals surface area contributed by atoms with Gasteiger partial charge in [-0.15, -0.1) is 0 Å². The minimum atomic E-state index is -3.78. The van der Waals surface area contributed by atoms with Crippen molar-refractivity contribution in [2.45, 2.75) is 23.8 Å². The van der Waals surface area contributed by atoms with E-state index >= 15 is 0 Å². The quantitative estimate of drug-likeness (QED) is 0.736. The molecule has 2 amide bonds. The summed E-state index contributed by atoms with van der Waals surface area (Å²) < 4.78 is 38.3. The molecule has 9 nitrogen and oxygen atoms in total. The Morgan fingerprint density at radius 2 is 1.73 bits per heavy atom. The van der Waals surface area contributed by atoms with Crippen molar-refractivity contribution < 1.29 is 27.2 Å². The van der Waals surface area contributed by atoms with Crippen LogP contribution < -0.4 is 9.46 Å². The zero-order chi connectivity index (χ0) is 21.3. The molecule has 1 aliphatic carbocycles. The average molecular weight is 433 g/mol. The predicted molar refractivity (Wildman–Crippen MR) is 107 cm³/mol. The number of ether oxygens (including phenoxy) is 1. The average Bonchev–Trinajstić information content (AvgIpc) is 3.39. The van der Waals surface area contributed by atoms with Gasteiger partial charge < -0.3 is 19.0 Å². The molecule has 0 bridgehead atoms. The predicted octanol–water partition coefficient (Wildman–Crippen LogP) is 1.33. The molecule has 0 atom stereocenters. The van der Waals surface area contributed by atoms with Gasteiger partial charge in [-0.2, -0.15) is 0 Å². The smallest absolute Gasteiger partial charge is 0.289 e. The minimum Gasteiger partial charge on any atom is -0.495 e. The number of carbonyl (C=O) groups is 2. The molecule has 0 radical (unpaired) electrons. The third kappa shape index (κ3) is 4.19. The van der Waals surface area contributed by atoms with Crippen molar-refractivity contribution in [3.8, 4) is 5.75 Å². The topological polar surface area (TPSA) is 109 Å². The molecule has 0 spiro atoms. The fraction of sp³-hybridized carbons (Fsp3) is 0.400. The Kier molecular flexibility index (Phi) is 5.52. The van der Waals surface area contributed by atoms with Crippen LogP contribution in [0, 0.1) is 0 Å². The molecule has 10 heteroatoms. The molecule has 1 aliphatic heterocycles. The Morgan fingerprint density at radius 3 is 2.30 bits per heavy atom. The number of hydrogen-bond acceptors (Lipinski definition) is 6. The number of nitrogens with one attached hydrogen (secondary N) is 1. The van der Waals surface area contributed by atoms with Crippen molar-refractivity contribution in [3.05, 3.63) is 47.9 Å². The Labute approximate surface area is 174 Å². The minimum absolute atomic E-state index is 0.0469. The Balaban J connectivity index is 1.47. The van der Waals surface area contributed by atoms with Crippen LogP contribution in [0.15, 0.2) is 45.9 Å². The van der Waals surface area contributed by atoms with E-state index in [1.54, 1.807) is 28.0 Å². The summed E-state index contributed by atoms with van der Waals surface area (Å²) in [6.07, 6.45) is 3.06. The summed E-state index contributed by atoms with van der Waals surface area (Å²) in [5.74, 6) is -0.0433. The van der Waals surface area contributed by atoms with Gasteiger partial charge >= 0.3 is 0 Å². The van der Waals surface area contributed by atoms with E-state index in [9.17, 15) is 18.0 Å². The van der Waals surface area contributed by atoms with Crippen molar-refractivity contribution in [2.75, 3.05) is 33.3 Å². The summed E-state index contributed by atoms with van der Waals surface area (Å²) in [6.45, 7) is 1.44. The van der Waals surface area contributed by atoms with E-state index in [0.717, 1.165) is 12.8 Å². The van der Waals surface area contributed by atoms with Crippen LogP contribution in [0.4, 0.5) is 0 Å². The summed E-state index contributed by atoms with van der Waals surface area (Å²) >= 11 is 0. The van der Waals surface area contributed by atoms with E-state index in [-0.39, 0.29) is 39.8 Å². The lowest BCUT2D eigenvalue weighted by Gasteiger charge is -2.34. The van der Waals surface area contributed by atoms with Crippen molar-refractivity contribution in [1.29, 1.82) is 0 Å². The zero-order valence-corrected chi connectivity index (χ0v) is 17.4. The van der Waals surface area contributed by atoms with Gasteiger partial charge in [-0.25, -0.2) is 13.1 Å². The Bertz CT molecular complexity index is 1040. The third-order valence-corrected chi connectivity index (χ3v) is 6.73. The van der Waals surface area contributed by atoms with Gasteiger partial charge in [0.25, 0.3) is 11.8 Å². The highest BCUT2D eigenvalue weighted by molar-refractivity contribution is 7.89. The number of amides is 2. The molecule has 2 aliphatic rings. The number of rotatable bonds is 6. The maximum absolute atomic E-state index is 13.0. The normalized spacial score (nSPS) is 17.1. The van der Waals surface area contributed by atoms with Gasteiger partial charge in [0.2, 0.25) is 10.0 Å². The molecule has 1 saturated carbocycles. The van der Waals surface area contributed by atoms with Crippen LogP contribution in [0.5, 0.6) is 5.75 Å². The number of benzene rings is 1. The standard InChI is InChI=1S/C20H23N3O6S/c1-28-16-7-4-14(13-18(16)30(26,27)21-15-5-6-15)19(24)22-8-10-23(11-9-22)20(25)17-3-2-12-29-17/h2-4,7,12-13,15,21H,5-6,8-11H2,1H3. The second-order valence-corrected chi connectivity index (χ2v) is 9.01. The van der Waals surface area contributed by atoms with E-state index in [2.05, 4.69) is 4.72 Å². The summed E-state index contributed by atoms with van der Waals surface area (Å²) in [5, 5.41) is 0. The van der Waals surface area contributed by atoms with E-state index in [4.69, 9.17) is 9.15 Å². The van der Waals surface area contributed by atoms with E-state index in [1.807, 2.05) is 0 Å². The molecule has 1 N–H and O–H groups in total. The van der Waals surface area contributed by atoms with E-state index < -0.39 is 10.0 Å². The molecule has 0 unspecified atom stereocenters. The zero-order valence-electron chi connectivity index (χ0n) is 16.5. The molecule has 1 saturated heterocycles. The first-order valence-electron chi connectivity index (χ1n) is 9.71. The highest BCUT2D eigenvalue weighted by atomic mass is 32.2. The Hall–Kier alpha value is -2.85. The van der Waals surface area contributed by atoms with Gasteiger partial charge in [0.15, 0.2) is 5.76 Å². The monoisotopic (exact) mass is 433 g/mol. The SMILES string of the molecule is COc1ccc(C(=O)N2CCN(C(=O)c3ccco3)CC2)cc1S(=O)(=O)NC1CC1. The molecule has 2 heterocycles. The number of sulfonamides is 1. The fourth-order valence-corrected chi connectivity index (χ4v) is 4.85. The molecule has 2 aromatic rings. The second kappa shape index (κ2) is 8.11. The van der Waals surface area contributed by atoms with Gasteiger partial charge in [0, 0.05) is 37.8 Å². The molecule has 2 fully saturated rings. The lowest BCUT2D eigenvalue weighted by molar-refractivity contribution is 0.0518. The molecule has 4 rings (SSSR count). The largest absolute Gasteiger partial charge is 0.495 e. The summed E-state index contributed by atoms with van der Waals surface area (Å²) in [7, 11) is -2.39. The number of nitrogens with zero attached hydrogens (tertiary/aromatic N) is 2. The van der Waals surface area contributed by atoms with Crippen molar-refractivity contribution in [1.82, 2.24) is 14.5 Å². The number of piperazine rings is 1. The fourth-order valence-electron chi connectivity index (χ4n) is 3.36. The molecule has 1 aromatic carbocycles. The van der Waals surface area contributed by atoms with E-state index in [0.29, 0.717) is 26.2 Å². The first-order chi connectivity index (χ1) is 14.4. The van der Waals surface area contributed by atoms with Gasteiger partial charge in [-0.3, -0.25) is 9.59 Å². The van der Waals surface area contributed by atoms with Gasteiger partial charge in [-0.05, 0) is 43.2 Å². The highest BCUT2D eigenvalue weighted by Gasteiger charge is 2.31. The lowest BCUT2D eigenvalue weighted by atomic mass is 10.1. The van der Waals surface area contributed by atoms with Gasteiger partial charge in [0.1, 0.15) is 10.6 Å². The number of methoxy groups -OCH3 is 1. The number of hydrogen-bond donors (Lipinski definition) is 1. The number of furan rings is 1. The molecule has 160 valence electrons. The molecule has 1 aromatic heterocycles. The van der Waals surface area contributed by atoms with Crippen LogP contribution in [0.25, 0.3) is 0 Å². The maximum Gasteiger partial charge on any atom is 0.289 e. The first kappa shape index (κ1) is 20.4. The molecule has 30 heavy (non-hydrogen) atoms. The van der Waals surface area contributed by atoms with Crippen molar-refractivity contribution in [3.63, 3.8) is 0 Å². The van der Waals surface area contributed by atoms with Crippen molar-refractivity contribution >= 4 is 21.8 Å². The van der Waals surface area contributed by atoms with Crippen molar-refractivity contribution in [2.24, 2.45) is 0 Å². The van der Waals surface area contributed by atoms with Crippen LogP contribution >= 0.6 is 0 Å². The summed E-state index contributed by atoms with van der Waals surface area (Å²) in [6, 6.07) is 7.60. The van der Waals surface area contributed by atoms with Crippen LogP contribution in [0.2, 0.25) is 0 Å².